The van der Waals surface area contributed by atoms with Gasteiger partial charge < -0.3 is 15.5 Å². The van der Waals surface area contributed by atoms with Gasteiger partial charge in [-0.25, -0.2) is 0 Å². The molecule has 21 heavy (non-hydrogen) atoms. The van der Waals surface area contributed by atoms with E-state index in [9.17, 15) is 9.59 Å². The number of carbonyl (C=O) groups excluding carboxylic acids is 2. The van der Waals surface area contributed by atoms with Gasteiger partial charge in [0.05, 0.1) is 5.92 Å². The summed E-state index contributed by atoms with van der Waals surface area (Å²) in [5.41, 5.74) is 0. The van der Waals surface area contributed by atoms with E-state index in [0.717, 1.165) is 71.2 Å². The largest absolute Gasteiger partial charge is 0.356 e. The fourth-order valence-electron chi connectivity index (χ4n) is 3.22. The maximum Gasteiger partial charge on any atom is 0.226 e. The lowest BCUT2D eigenvalue weighted by molar-refractivity contribution is -0.139. The lowest BCUT2D eigenvalue weighted by Gasteiger charge is -2.34. The first kappa shape index (κ1) is 16.3. The molecule has 2 fully saturated rings. The highest BCUT2D eigenvalue weighted by Crippen LogP contribution is 2.21. The molecule has 2 N–H and O–H groups in total. The predicted molar refractivity (Wildman–Crippen MR) is 82.8 cm³/mol. The van der Waals surface area contributed by atoms with E-state index in [-0.39, 0.29) is 23.7 Å². The molecular weight excluding hydrogens is 266 g/mol. The highest BCUT2D eigenvalue weighted by Gasteiger charge is 2.31. The Morgan fingerprint density at radius 1 is 1.19 bits per heavy atom. The van der Waals surface area contributed by atoms with Gasteiger partial charge in [-0.1, -0.05) is 13.3 Å². The smallest absolute Gasteiger partial charge is 0.226 e. The van der Waals surface area contributed by atoms with E-state index in [2.05, 4.69) is 17.6 Å². The van der Waals surface area contributed by atoms with E-state index < -0.39 is 0 Å². The van der Waals surface area contributed by atoms with Gasteiger partial charge in [0.1, 0.15) is 0 Å². The number of likely N-dealkylation sites (tertiary alicyclic amines) is 1. The van der Waals surface area contributed by atoms with E-state index in [4.69, 9.17) is 0 Å². The topological polar surface area (TPSA) is 61.4 Å². The molecule has 2 saturated heterocycles. The molecule has 0 aliphatic carbocycles. The minimum absolute atomic E-state index is 0.0930. The van der Waals surface area contributed by atoms with Gasteiger partial charge in [-0.05, 0) is 38.6 Å². The number of hydrogen-bond donors (Lipinski definition) is 2. The molecule has 0 aromatic carbocycles. The summed E-state index contributed by atoms with van der Waals surface area (Å²) >= 11 is 0. The first-order chi connectivity index (χ1) is 10.2. The van der Waals surface area contributed by atoms with Crippen LogP contribution in [-0.2, 0) is 9.59 Å². The summed E-state index contributed by atoms with van der Waals surface area (Å²) in [5, 5.41) is 6.31. The van der Waals surface area contributed by atoms with Gasteiger partial charge in [0.15, 0.2) is 0 Å². The molecule has 2 aliphatic rings. The first-order valence-electron chi connectivity index (χ1n) is 8.49. The zero-order valence-corrected chi connectivity index (χ0v) is 13.2. The third kappa shape index (κ3) is 4.70. The van der Waals surface area contributed by atoms with Crippen LogP contribution in [0.25, 0.3) is 0 Å². The Morgan fingerprint density at radius 3 is 2.57 bits per heavy atom. The summed E-state index contributed by atoms with van der Waals surface area (Å²) in [6.07, 6.45) is 5.85. The zero-order valence-electron chi connectivity index (χ0n) is 13.2. The molecule has 0 bridgehead atoms. The van der Waals surface area contributed by atoms with Crippen molar-refractivity contribution in [3.05, 3.63) is 0 Å². The van der Waals surface area contributed by atoms with E-state index in [1.807, 2.05) is 4.90 Å². The summed E-state index contributed by atoms with van der Waals surface area (Å²) in [6, 6.07) is 0. The highest BCUT2D eigenvalue weighted by atomic mass is 16.2. The fourth-order valence-corrected chi connectivity index (χ4v) is 3.22. The minimum Gasteiger partial charge on any atom is -0.356 e. The van der Waals surface area contributed by atoms with Crippen LogP contribution in [0.3, 0.4) is 0 Å². The molecule has 2 amide bonds. The Bertz CT molecular complexity index is 345. The van der Waals surface area contributed by atoms with Crippen molar-refractivity contribution in [3.8, 4) is 0 Å². The number of carbonyl (C=O) groups is 2. The van der Waals surface area contributed by atoms with E-state index in [1.54, 1.807) is 0 Å². The Hall–Kier alpha value is -1.10. The molecule has 0 saturated carbocycles. The SMILES string of the molecule is CCCCNC(=O)C1CCN(C(=O)[C@@H]2CCCNC2)CC1. The van der Waals surface area contributed by atoms with Crippen LogP contribution in [0.2, 0.25) is 0 Å². The Labute approximate surface area is 127 Å². The van der Waals surface area contributed by atoms with Crippen LogP contribution in [0.5, 0.6) is 0 Å². The van der Waals surface area contributed by atoms with Crippen molar-refractivity contribution in [1.82, 2.24) is 15.5 Å². The maximum atomic E-state index is 12.4. The zero-order chi connectivity index (χ0) is 15.1. The minimum atomic E-state index is 0.0930. The summed E-state index contributed by atoms with van der Waals surface area (Å²) in [6.45, 7) is 6.22. The van der Waals surface area contributed by atoms with Crippen LogP contribution in [-0.4, -0.2) is 49.4 Å². The van der Waals surface area contributed by atoms with Crippen LogP contribution in [0, 0.1) is 11.8 Å². The Balaban J connectivity index is 1.72. The van der Waals surface area contributed by atoms with Crippen molar-refractivity contribution in [2.75, 3.05) is 32.7 Å². The van der Waals surface area contributed by atoms with Crippen molar-refractivity contribution in [1.29, 1.82) is 0 Å². The first-order valence-corrected chi connectivity index (χ1v) is 8.49. The normalized spacial score (nSPS) is 23.9. The average molecular weight is 295 g/mol. The van der Waals surface area contributed by atoms with Gasteiger partial charge in [0.2, 0.25) is 11.8 Å². The van der Waals surface area contributed by atoms with Crippen LogP contribution in [0.1, 0.15) is 45.4 Å². The maximum absolute atomic E-state index is 12.4. The van der Waals surface area contributed by atoms with Gasteiger partial charge in [-0.3, -0.25) is 9.59 Å². The van der Waals surface area contributed by atoms with Crippen LogP contribution in [0.4, 0.5) is 0 Å². The molecule has 0 aromatic heterocycles. The lowest BCUT2D eigenvalue weighted by Crippen LogP contribution is -2.47. The summed E-state index contributed by atoms with van der Waals surface area (Å²) in [7, 11) is 0. The molecule has 0 aromatic rings. The van der Waals surface area contributed by atoms with Crippen molar-refractivity contribution >= 4 is 11.8 Å². The molecule has 0 spiro atoms. The van der Waals surface area contributed by atoms with E-state index in [1.165, 1.54) is 0 Å². The second-order valence-corrected chi connectivity index (χ2v) is 6.29. The van der Waals surface area contributed by atoms with E-state index >= 15 is 0 Å². The highest BCUT2D eigenvalue weighted by molar-refractivity contribution is 5.81. The van der Waals surface area contributed by atoms with Gasteiger partial charge in [0, 0.05) is 32.1 Å². The fraction of sp³-hybridized carbons (Fsp3) is 0.875. The molecule has 5 heteroatoms. The van der Waals surface area contributed by atoms with E-state index in [0.29, 0.717) is 0 Å². The Kier molecular flexibility index (Phi) is 6.49. The summed E-state index contributed by atoms with van der Waals surface area (Å²) in [5.74, 6) is 0.700. The van der Waals surface area contributed by atoms with Gasteiger partial charge >= 0.3 is 0 Å². The van der Waals surface area contributed by atoms with Crippen molar-refractivity contribution in [2.24, 2.45) is 11.8 Å². The molecule has 2 rings (SSSR count). The average Bonchev–Trinajstić information content (AvgIpc) is 2.55. The number of rotatable bonds is 5. The van der Waals surface area contributed by atoms with Crippen molar-refractivity contribution in [3.63, 3.8) is 0 Å². The molecule has 0 unspecified atom stereocenters. The number of nitrogens with one attached hydrogen (secondary N) is 2. The molecule has 2 heterocycles. The van der Waals surface area contributed by atoms with Crippen LogP contribution < -0.4 is 10.6 Å². The van der Waals surface area contributed by atoms with Crippen molar-refractivity contribution < 1.29 is 9.59 Å². The molecule has 0 radical (unpaired) electrons. The van der Waals surface area contributed by atoms with Crippen LogP contribution >= 0.6 is 0 Å². The van der Waals surface area contributed by atoms with Gasteiger partial charge in [-0.2, -0.15) is 0 Å². The number of nitrogens with zero attached hydrogens (tertiary/aromatic N) is 1. The third-order valence-electron chi connectivity index (χ3n) is 4.65. The quantitative estimate of drug-likeness (QED) is 0.748. The number of piperidine rings is 2. The van der Waals surface area contributed by atoms with Gasteiger partial charge in [0.25, 0.3) is 0 Å². The monoisotopic (exact) mass is 295 g/mol. The summed E-state index contributed by atoms with van der Waals surface area (Å²) < 4.78 is 0. The van der Waals surface area contributed by atoms with Crippen LogP contribution in [0.15, 0.2) is 0 Å². The lowest BCUT2D eigenvalue weighted by atomic mass is 9.93. The van der Waals surface area contributed by atoms with Gasteiger partial charge in [-0.15, -0.1) is 0 Å². The third-order valence-corrected chi connectivity index (χ3v) is 4.65. The number of unbranched alkanes of at least 4 members (excludes halogenated alkanes) is 1. The second-order valence-electron chi connectivity index (χ2n) is 6.29. The molecule has 5 nitrogen and oxygen atoms in total. The molecular formula is C16H29N3O2. The van der Waals surface area contributed by atoms with Crippen molar-refractivity contribution in [2.45, 2.75) is 45.4 Å². The number of hydrogen-bond acceptors (Lipinski definition) is 3. The summed E-state index contributed by atoms with van der Waals surface area (Å²) in [4.78, 5) is 26.4. The number of amides is 2. The standard InChI is InChI=1S/C16H29N3O2/c1-2-3-9-18-15(20)13-6-10-19(11-7-13)16(21)14-5-4-8-17-12-14/h13-14,17H,2-12H2,1H3,(H,18,20)/t14-/m1/s1. The molecule has 120 valence electrons. The predicted octanol–water partition coefficient (Wildman–Crippen LogP) is 1.14. The Morgan fingerprint density at radius 2 is 1.95 bits per heavy atom. The molecule has 2 aliphatic heterocycles. The molecule has 1 atom stereocenters. The second kappa shape index (κ2) is 8.37.